The van der Waals surface area contributed by atoms with Gasteiger partial charge in [-0.2, -0.15) is 8.78 Å². The SMILES string of the molecule is CCC1(OC(=O)C(C)(F)F)C2CC3CC1CC(OC(C)OC)(C3)C2. The van der Waals surface area contributed by atoms with Crippen molar-refractivity contribution in [3.8, 4) is 0 Å². The zero-order valence-corrected chi connectivity index (χ0v) is 14.9. The summed E-state index contributed by atoms with van der Waals surface area (Å²) in [4.78, 5) is 11.9. The first-order valence-electron chi connectivity index (χ1n) is 8.96. The van der Waals surface area contributed by atoms with E-state index in [1.165, 1.54) is 0 Å². The molecule has 0 heterocycles. The van der Waals surface area contributed by atoms with Crippen molar-refractivity contribution in [1.82, 2.24) is 0 Å². The smallest absolute Gasteiger partial charge is 0.377 e. The van der Waals surface area contributed by atoms with Gasteiger partial charge in [-0.3, -0.25) is 0 Å². The van der Waals surface area contributed by atoms with E-state index in [0.717, 1.165) is 32.1 Å². The number of hydrogen-bond acceptors (Lipinski definition) is 4. The molecule has 4 aliphatic rings. The van der Waals surface area contributed by atoms with Crippen LogP contribution in [0.5, 0.6) is 0 Å². The highest BCUT2D eigenvalue weighted by atomic mass is 19.3. The summed E-state index contributed by atoms with van der Waals surface area (Å²) in [7, 11) is 1.62. The summed E-state index contributed by atoms with van der Waals surface area (Å²) in [5, 5.41) is 0. The zero-order chi connectivity index (χ0) is 17.8. The van der Waals surface area contributed by atoms with Gasteiger partial charge >= 0.3 is 11.9 Å². The molecule has 3 unspecified atom stereocenters. The molecule has 4 aliphatic carbocycles. The van der Waals surface area contributed by atoms with Crippen LogP contribution in [0.3, 0.4) is 0 Å². The Bertz CT molecular complexity index is 486. The predicted octanol–water partition coefficient (Wildman–Crippen LogP) is 3.92. The summed E-state index contributed by atoms with van der Waals surface area (Å²) in [6, 6.07) is 0. The van der Waals surface area contributed by atoms with Gasteiger partial charge in [-0.1, -0.05) is 6.92 Å². The Balaban J connectivity index is 1.84. The number of carbonyl (C=O) groups excluding carboxylic acids is 1. The molecule has 0 radical (unpaired) electrons. The van der Waals surface area contributed by atoms with Crippen molar-refractivity contribution in [2.45, 2.75) is 82.7 Å². The second-order valence-corrected chi connectivity index (χ2v) is 8.03. The van der Waals surface area contributed by atoms with Crippen molar-refractivity contribution < 1.29 is 27.8 Å². The van der Waals surface area contributed by atoms with Crippen LogP contribution in [-0.4, -0.2) is 36.5 Å². The fraction of sp³-hybridized carbons (Fsp3) is 0.944. The molecule has 0 aliphatic heterocycles. The van der Waals surface area contributed by atoms with E-state index < -0.39 is 17.5 Å². The van der Waals surface area contributed by atoms with E-state index in [9.17, 15) is 13.6 Å². The molecule has 0 aromatic rings. The minimum atomic E-state index is -3.45. The van der Waals surface area contributed by atoms with E-state index in [-0.39, 0.29) is 23.7 Å². The standard InChI is InChI=1S/C18H28F2O4/c1-5-18(24-15(21)16(3,19)20)13-6-12-7-14(18)10-17(8-12,9-13)23-11(2)22-4/h11-14H,5-10H2,1-4H3. The van der Waals surface area contributed by atoms with Gasteiger partial charge in [0.2, 0.25) is 0 Å². The first-order valence-corrected chi connectivity index (χ1v) is 8.96. The van der Waals surface area contributed by atoms with Gasteiger partial charge in [0.05, 0.1) is 5.60 Å². The van der Waals surface area contributed by atoms with Crippen LogP contribution in [0.25, 0.3) is 0 Å². The van der Waals surface area contributed by atoms with Crippen LogP contribution < -0.4 is 0 Å². The Morgan fingerprint density at radius 1 is 1.25 bits per heavy atom. The summed E-state index contributed by atoms with van der Waals surface area (Å²) in [6.07, 6.45) is 4.64. The van der Waals surface area contributed by atoms with Crippen LogP contribution in [-0.2, 0) is 19.0 Å². The lowest BCUT2D eigenvalue weighted by atomic mass is 9.47. The molecule has 4 rings (SSSR count). The maximum atomic E-state index is 13.4. The van der Waals surface area contributed by atoms with Crippen molar-refractivity contribution in [2.24, 2.45) is 17.8 Å². The molecule has 0 saturated heterocycles. The Morgan fingerprint density at radius 2 is 1.83 bits per heavy atom. The quantitative estimate of drug-likeness (QED) is 0.540. The van der Waals surface area contributed by atoms with Crippen LogP contribution in [0.2, 0.25) is 0 Å². The minimum absolute atomic E-state index is 0.0871. The summed E-state index contributed by atoms with van der Waals surface area (Å²) in [6.45, 7) is 4.43. The van der Waals surface area contributed by atoms with Crippen LogP contribution in [0.1, 0.15) is 59.3 Å². The number of ether oxygens (including phenoxy) is 3. The Morgan fingerprint density at radius 3 is 2.29 bits per heavy atom. The number of halogens is 2. The van der Waals surface area contributed by atoms with Crippen LogP contribution in [0.15, 0.2) is 0 Å². The number of hydrogen-bond donors (Lipinski definition) is 0. The first-order chi connectivity index (χ1) is 11.1. The second-order valence-electron chi connectivity index (χ2n) is 8.03. The van der Waals surface area contributed by atoms with Gasteiger partial charge in [-0.25, -0.2) is 4.79 Å². The predicted molar refractivity (Wildman–Crippen MR) is 83.6 cm³/mol. The Hall–Kier alpha value is -0.750. The lowest BCUT2D eigenvalue weighted by molar-refractivity contribution is -0.290. The van der Waals surface area contributed by atoms with Crippen molar-refractivity contribution in [2.75, 3.05) is 7.11 Å². The molecule has 138 valence electrons. The topological polar surface area (TPSA) is 44.8 Å². The van der Waals surface area contributed by atoms with Crippen LogP contribution in [0, 0.1) is 17.8 Å². The molecule has 0 amide bonds. The average Bonchev–Trinajstić information content (AvgIpc) is 2.48. The molecule has 0 spiro atoms. The molecule has 3 atom stereocenters. The van der Waals surface area contributed by atoms with E-state index in [1.54, 1.807) is 7.11 Å². The molecule has 24 heavy (non-hydrogen) atoms. The lowest BCUT2D eigenvalue weighted by Crippen LogP contribution is -2.66. The average molecular weight is 346 g/mol. The normalized spacial score (nSPS) is 42.2. The van der Waals surface area contributed by atoms with E-state index in [0.29, 0.717) is 19.3 Å². The number of alkyl halides is 2. The molecule has 4 fully saturated rings. The van der Waals surface area contributed by atoms with E-state index in [2.05, 4.69) is 0 Å². The maximum absolute atomic E-state index is 13.4. The van der Waals surface area contributed by atoms with Crippen molar-refractivity contribution in [3.05, 3.63) is 0 Å². The van der Waals surface area contributed by atoms with Gasteiger partial charge in [0.25, 0.3) is 0 Å². The number of methoxy groups -OCH3 is 1. The molecule has 6 heteroatoms. The minimum Gasteiger partial charge on any atom is -0.454 e. The summed E-state index contributed by atoms with van der Waals surface area (Å²) in [5.74, 6) is -4.15. The van der Waals surface area contributed by atoms with Gasteiger partial charge in [0, 0.05) is 25.9 Å². The number of rotatable bonds is 6. The fourth-order valence-electron chi connectivity index (χ4n) is 5.61. The third-order valence-corrected chi connectivity index (χ3v) is 6.46. The molecule has 0 aromatic heterocycles. The molecule has 4 nitrogen and oxygen atoms in total. The summed E-state index contributed by atoms with van der Waals surface area (Å²) in [5.41, 5.74) is -1.03. The van der Waals surface area contributed by atoms with Crippen LogP contribution in [0.4, 0.5) is 8.78 Å². The molecular formula is C18H28F2O4. The largest absolute Gasteiger partial charge is 0.454 e. The van der Waals surface area contributed by atoms with Gasteiger partial charge in [-0.15, -0.1) is 0 Å². The molecular weight excluding hydrogens is 318 g/mol. The highest BCUT2D eigenvalue weighted by Crippen LogP contribution is 2.63. The highest BCUT2D eigenvalue weighted by Gasteiger charge is 2.65. The van der Waals surface area contributed by atoms with Gasteiger partial charge < -0.3 is 14.2 Å². The van der Waals surface area contributed by atoms with Gasteiger partial charge in [0.1, 0.15) is 5.60 Å². The van der Waals surface area contributed by atoms with Gasteiger partial charge in [-0.05, 0) is 51.4 Å². The molecule has 0 N–H and O–H groups in total. The highest BCUT2D eigenvalue weighted by molar-refractivity contribution is 5.77. The summed E-state index contributed by atoms with van der Waals surface area (Å²) >= 11 is 0. The Labute approximate surface area is 142 Å². The van der Waals surface area contributed by atoms with Crippen LogP contribution >= 0.6 is 0 Å². The van der Waals surface area contributed by atoms with Crippen molar-refractivity contribution in [3.63, 3.8) is 0 Å². The second kappa shape index (κ2) is 5.90. The first kappa shape index (κ1) is 18.1. The third-order valence-electron chi connectivity index (χ3n) is 6.46. The van der Waals surface area contributed by atoms with E-state index >= 15 is 0 Å². The van der Waals surface area contributed by atoms with Crippen molar-refractivity contribution >= 4 is 5.97 Å². The number of esters is 1. The molecule has 0 aromatic carbocycles. The lowest BCUT2D eigenvalue weighted by Gasteiger charge is -2.64. The summed E-state index contributed by atoms with van der Waals surface area (Å²) < 4.78 is 43.8. The van der Waals surface area contributed by atoms with E-state index in [4.69, 9.17) is 14.2 Å². The monoisotopic (exact) mass is 346 g/mol. The maximum Gasteiger partial charge on any atom is 0.377 e. The molecule has 4 saturated carbocycles. The Kier molecular flexibility index (Phi) is 4.44. The third kappa shape index (κ3) is 2.85. The fourth-order valence-corrected chi connectivity index (χ4v) is 5.61. The van der Waals surface area contributed by atoms with Crippen molar-refractivity contribution in [1.29, 1.82) is 0 Å². The molecule has 4 bridgehead atoms. The van der Waals surface area contributed by atoms with Gasteiger partial charge in [0.15, 0.2) is 6.29 Å². The number of carbonyl (C=O) groups is 1. The zero-order valence-electron chi connectivity index (χ0n) is 14.9. The van der Waals surface area contributed by atoms with E-state index in [1.807, 2.05) is 13.8 Å².